The number of rotatable bonds is 5. The molecule has 0 amide bonds. The maximum absolute atomic E-state index is 5.24. The molecule has 4 heteroatoms. The highest BCUT2D eigenvalue weighted by Gasteiger charge is 2.19. The normalized spacial score (nSPS) is 13.0. The number of methoxy groups -OCH3 is 1. The number of hydrogen-bond acceptors (Lipinski definition) is 4. The van der Waals surface area contributed by atoms with E-state index in [0.717, 1.165) is 17.3 Å². The minimum absolute atomic E-state index is 0.104. The summed E-state index contributed by atoms with van der Waals surface area (Å²) in [4.78, 5) is 9.30. The Bertz CT molecular complexity index is 645. The van der Waals surface area contributed by atoms with Gasteiger partial charge in [0.25, 0.3) is 0 Å². The van der Waals surface area contributed by atoms with Crippen LogP contribution in [0.5, 0.6) is 0 Å². The molecule has 0 saturated heterocycles. The lowest BCUT2D eigenvalue weighted by Crippen LogP contribution is -2.19. The van der Waals surface area contributed by atoms with Crippen LogP contribution < -0.4 is 5.32 Å². The van der Waals surface area contributed by atoms with Crippen molar-refractivity contribution >= 4 is 5.82 Å². The van der Waals surface area contributed by atoms with Crippen molar-refractivity contribution in [3.8, 4) is 0 Å². The molecular formula is C19H27N3O. The zero-order valence-electron chi connectivity index (χ0n) is 15.0. The molecule has 4 nitrogen and oxygen atoms in total. The summed E-state index contributed by atoms with van der Waals surface area (Å²) in [6.45, 7) is 11.1. The summed E-state index contributed by atoms with van der Waals surface area (Å²) in [7, 11) is 1.68. The number of ether oxygens (including phenoxy) is 1. The molecule has 0 saturated carbocycles. The van der Waals surface area contributed by atoms with Gasteiger partial charge in [0.05, 0.1) is 12.3 Å². The van der Waals surface area contributed by atoms with Crippen molar-refractivity contribution in [3.05, 3.63) is 53.0 Å². The Labute approximate surface area is 139 Å². The fourth-order valence-corrected chi connectivity index (χ4v) is 2.29. The summed E-state index contributed by atoms with van der Waals surface area (Å²) in [6, 6.07) is 10.7. The molecule has 124 valence electrons. The molecular weight excluding hydrogens is 286 g/mol. The van der Waals surface area contributed by atoms with E-state index in [1.54, 1.807) is 7.11 Å². The van der Waals surface area contributed by atoms with E-state index >= 15 is 0 Å². The first kappa shape index (κ1) is 17.4. The summed E-state index contributed by atoms with van der Waals surface area (Å²) in [5.74, 6) is 1.66. The molecule has 1 N–H and O–H groups in total. The van der Waals surface area contributed by atoms with E-state index in [1.165, 1.54) is 11.1 Å². The number of aromatic nitrogens is 2. The van der Waals surface area contributed by atoms with Crippen LogP contribution in [-0.4, -0.2) is 17.1 Å². The third-order valence-electron chi connectivity index (χ3n) is 3.68. The van der Waals surface area contributed by atoms with Gasteiger partial charge in [-0.2, -0.15) is 0 Å². The van der Waals surface area contributed by atoms with Crippen LogP contribution in [0.2, 0.25) is 0 Å². The van der Waals surface area contributed by atoms with Gasteiger partial charge in [0.15, 0.2) is 0 Å². The SMILES string of the molecule is COCc1cc(NC(C)c2ccc(C)cc2)nc(C(C)(C)C)n1. The molecule has 2 rings (SSSR count). The van der Waals surface area contributed by atoms with Crippen molar-refractivity contribution in [3.63, 3.8) is 0 Å². The molecule has 1 unspecified atom stereocenters. The Balaban J connectivity index is 2.27. The average molecular weight is 313 g/mol. The quantitative estimate of drug-likeness (QED) is 0.888. The van der Waals surface area contributed by atoms with Crippen LogP contribution in [0.3, 0.4) is 0 Å². The van der Waals surface area contributed by atoms with Crippen LogP contribution in [0.15, 0.2) is 30.3 Å². The van der Waals surface area contributed by atoms with E-state index in [2.05, 4.69) is 69.2 Å². The van der Waals surface area contributed by atoms with Gasteiger partial charge < -0.3 is 10.1 Å². The van der Waals surface area contributed by atoms with E-state index < -0.39 is 0 Å². The maximum Gasteiger partial charge on any atom is 0.136 e. The zero-order valence-corrected chi connectivity index (χ0v) is 15.0. The molecule has 0 bridgehead atoms. The summed E-state index contributed by atoms with van der Waals surface area (Å²) < 4.78 is 5.24. The lowest BCUT2D eigenvalue weighted by molar-refractivity contribution is 0.181. The molecule has 0 aliphatic rings. The minimum Gasteiger partial charge on any atom is -0.378 e. The maximum atomic E-state index is 5.24. The first-order chi connectivity index (χ1) is 10.8. The standard InChI is InChI=1S/C19H27N3O/c1-13-7-9-15(10-8-13)14(2)20-17-11-16(12-23-6)21-18(22-17)19(3,4)5/h7-11,14H,12H2,1-6H3,(H,20,21,22). The van der Waals surface area contributed by atoms with E-state index in [9.17, 15) is 0 Å². The third kappa shape index (κ3) is 4.76. The number of benzene rings is 1. The van der Waals surface area contributed by atoms with Crippen molar-refractivity contribution in [2.24, 2.45) is 0 Å². The van der Waals surface area contributed by atoms with Gasteiger partial charge in [0.2, 0.25) is 0 Å². The smallest absolute Gasteiger partial charge is 0.136 e. The Kier molecular flexibility index (Phi) is 5.37. The highest BCUT2D eigenvalue weighted by atomic mass is 16.5. The molecule has 23 heavy (non-hydrogen) atoms. The van der Waals surface area contributed by atoms with Gasteiger partial charge >= 0.3 is 0 Å². The number of nitrogens with one attached hydrogen (secondary N) is 1. The van der Waals surface area contributed by atoms with Gasteiger partial charge in [-0.25, -0.2) is 9.97 Å². The van der Waals surface area contributed by atoms with Crippen LogP contribution >= 0.6 is 0 Å². The van der Waals surface area contributed by atoms with Crippen LogP contribution in [0.1, 0.15) is 56.4 Å². The topological polar surface area (TPSA) is 47.0 Å². The first-order valence-electron chi connectivity index (χ1n) is 8.00. The Hall–Kier alpha value is -1.94. The number of nitrogens with zero attached hydrogens (tertiary/aromatic N) is 2. The molecule has 1 aromatic heterocycles. The first-order valence-corrected chi connectivity index (χ1v) is 8.00. The minimum atomic E-state index is -0.104. The summed E-state index contributed by atoms with van der Waals surface area (Å²) in [5.41, 5.74) is 3.29. The molecule has 0 aliphatic carbocycles. The van der Waals surface area contributed by atoms with Crippen LogP contribution in [0.4, 0.5) is 5.82 Å². The van der Waals surface area contributed by atoms with Gasteiger partial charge in [-0.15, -0.1) is 0 Å². The van der Waals surface area contributed by atoms with Crippen LogP contribution in [0, 0.1) is 6.92 Å². The van der Waals surface area contributed by atoms with Crippen LogP contribution in [-0.2, 0) is 16.8 Å². The second kappa shape index (κ2) is 7.09. The molecule has 0 fully saturated rings. The Morgan fingerprint density at radius 3 is 2.35 bits per heavy atom. The van der Waals surface area contributed by atoms with E-state index in [0.29, 0.717) is 6.61 Å². The molecule has 0 radical (unpaired) electrons. The van der Waals surface area contributed by atoms with E-state index in [4.69, 9.17) is 9.72 Å². The zero-order chi connectivity index (χ0) is 17.0. The number of anilines is 1. The lowest BCUT2D eigenvalue weighted by Gasteiger charge is -2.21. The average Bonchev–Trinajstić information content (AvgIpc) is 2.47. The third-order valence-corrected chi connectivity index (χ3v) is 3.68. The van der Waals surface area contributed by atoms with Crippen molar-refractivity contribution < 1.29 is 4.74 Å². The van der Waals surface area contributed by atoms with Gasteiger partial charge in [0, 0.05) is 24.6 Å². The Morgan fingerprint density at radius 1 is 1.13 bits per heavy atom. The van der Waals surface area contributed by atoms with Crippen molar-refractivity contribution in [2.75, 3.05) is 12.4 Å². The summed E-state index contributed by atoms with van der Waals surface area (Å²) in [6.07, 6.45) is 0. The summed E-state index contributed by atoms with van der Waals surface area (Å²) in [5, 5.41) is 3.48. The second-order valence-corrected chi connectivity index (χ2v) is 7.03. The molecule has 1 aromatic carbocycles. The monoisotopic (exact) mass is 313 g/mol. The van der Waals surface area contributed by atoms with E-state index in [1.807, 2.05) is 6.07 Å². The lowest BCUT2D eigenvalue weighted by atomic mass is 9.95. The Morgan fingerprint density at radius 2 is 1.78 bits per heavy atom. The fourth-order valence-electron chi connectivity index (χ4n) is 2.29. The number of hydrogen-bond donors (Lipinski definition) is 1. The van der Waals surface area contributed by atoms with Gasteiger partial charge in [-0.3, -0.25) is 0 Å². The summed E-state index contributed by atoms with van der Waals surface area (Å²) >= 11 is 0. The molecule has 0 spiro atoms. The van der Waals surface area contributed by atoms with Gasteiger partial charge in [-0.05, 0) is 19.4 Å². The molecule has 1 heterocycles. The predicted octanol–water partition coefficient (Wildman–Crippen LogP) is 4.40. The highest BCUT2D eigenvalue weighted by Crippen LogP contribution is 2.23. The van der Waals surface area contributed by atoms with Crippen molar-refractivity contribution in [2.45, 2.75) is 52.7 Å². The largest absolute Gasteiger partial charge is 0.378 e. The van der Waals surface area contributed by atoms with E-state index in [-0.39, 0.29) is 11.5 Å². The highest BCUT2D eigenvalue weighted by molar-refractivity contribution is 5.40. The number of aryl methyl sites for hydroxylation is 1. The van der Waals surface area contributed by atoms with Crippen molar-refractivity contribution in [1.82, 2.24) is 9.97 Å². The molecule has 0 aliphatic heterocycles. The molecule has 2 aromatic rings. The van der Waals surface area contributed by atoms with Gasteiger partial charge in [-0.1, -0.05) is 50.6 Å². The fraction of sp³-hybridized carbons (Fsp3) is 0.474. The molecule has 1 atom stereocenters. The van der Waals surface area contributed by atoms with Crippen molar-refractivity contribution in [1.29, 1.82) is 0 Å². The predicted molar refractivity (Wildman–Crippen MR) is 94.7 cm³/mol. The second-order valence-electron chi connectivity index (χ2n) is 7.03. The van der Waals surface area contributed by atoms with Gasteiger partial charge in [0.1, 0.15) is 11.6 Å². The van der Waals surface area contributed by atoms with Crippen LogP contribution in [0.25, 0.3) is 0 Å².